The Bertz CT molecular complexity index is 425. The Hall–Kier alpha value is -1.10. The van der Waals surface area contributed by atoms with E-state index in [0.29, 0.717) is 5.92 Å². The number of carbonyl (C=O) groups is 1. The number of hydrogen-bond donors (Lipinski definition) is 1. The Morgan fingerprint density at radius 3 is 2.55 bits per heavy atom. The molecule has 1 fully saturated rings. The number of carbonyl (C=O) groups excluding carboxylic acids is 1. The molecule has 1 aliphatic rings. The highest BCUT2D eigenvalue weighted by Gasteiger charge is 2.32. The molecule has 1 saturated heterocycles. The Morgan fingerprint density at radius 2 is 2.05 bits per heavy atom. The molecule has 0 saturated carbocycles. The molecule has 1 heterocycles. The minimum absolute atomic E-state index is 0. The highest BCUT2D eigenvalue weighted by molar-refractivity contribution is 5.85. The van der Waals surface area contributed by atoms with E-state index in [1.165, 1.54) is 0 Å². The molecular weight excluding hydrogens is 276 g/mol. The molecule has 2 N–H and O–H groups in total. The summed E-state index contributed by atoms with van der Waals surface area (Å²) in [6, 6.07) is 9.75. The number of nitrogens with two attached hydrogens (primary N) is 1. The van der Waals surface area contributed by atoms with Gasteiger partial charge in [0.05, 0.1) is 0 Å². The van der Waals surface area contributed by atoms with Crippen LogP contribution in [0.1, 0.15) is 25.0 Å². The molecule has 0 aliphatic carbocycles. The Balaban J connectivity index is 0.00000200. The molecule has 1 amide bonds. The second-order valence-corrected chi connectivity index (χ2v) is 5.22. The maximum atomic E-state index is 12.5. The lowest BCUT2D eigenvalue weighted by atomic mass is 10.0. The summed E-state index contributed by atoms with van der Waals surface area (Å²) < 4.78 is 5.38. The van der Waals surface area contributed by atoms with Gasteiger partial charge in [-0.15, -0.1) is 12.4 Å². The average molecular weight is 299 g/mol. The number of hydrogen-bond acceptors (Lipinski definition) is 3. The summed E-state index contributed by atoms with van der Waals surface area (Å²) in [4.78, 5) is 14.4. The van der Waals surface area contributed by atoms with Crippen LogP contribution in [0.15, 0.2) is 30.3 Å². The van der Waals surface area contributed by atoms with Gasteiger partial charge in [0.15, 0.2) is 6.10 Å². The van der Waals surface area contributed by atoms with E-state index in [1.54, 1.807) is 7.11 Å². The zero-order valence-electron chi connectivity index (χ0n) is 12.0. The van der Waals surface area contributed by atoms with Crippen LogP contribution in [-0.2, 0) is 9.53 Å². The van der Waals surface area contributed by atoms with Crippen LogP contribution in [-0.4, -0.2) is 37.0 Å². The van der Waals surface area contributed by atoms with Crippen molar-refractivity contribution < 1.29 is 9.53 Å². The number of likely N-dealkylation sites (tertiary alicyclic amines) is 1. The molecule has 0 bridgehead atoms. The van der Waals surface area contributed by atoms with Crippen molar-refractivity contribution in [3.05, 3.63) is 35.9 Å². The van der Waals surface area contributed by atoms with Crippen LogP contribution in [0.3, 0.4) is 0 Å². The van der Waals surface area contributed by atoms with Crippen LogP contribution in [0.25, 0.3) is 0 Å². The molecule has 3 unspecified atom stereocenters. The van der Waals surface area contributed by atoms with Crippen LogP contribution < -0.4 is 5.73 Å². The molecule has 1 aromatic rings. The molecular formula is C15H23ClN2O2. The largest absolute Gasteiger partial charge is 0.367 e. The molecule has 3 atom stereocenters. The van der Waals surface area contributed by atoms with Crippen molar-refractivity contribution >= 4 is 18.3 Å². The Labute approximate surface area is 126 Å². The SMILES string of the molecule is COC(C(=O)N1CCC(C(C)N)C1)c1ccccc1.Cl. The smallest absolute Gasteiger partial charge is 0.256 e. The van der Waals surface area contributed by atoms with E-state index in [-0.39, 0.29) is 24.4 Å². The predicted octanol–water partition coefficient (Wildman–Crippen LogP) is 1.99. The number of halogens is 1. The molecule has 0 radical (unpaired) electrons. The Morgan fingerprint density at radius 1 is 1.40 bits per heavy atom. The Kier molecular flexibility index (Phi) is 6.46. The van der Waals surface area contributed by atoms with Gasteiger partial charge in [-0.1, -0.05) is 30.3 Å². The van der Waals surface area contributed by atoms with Crippen molar-refractivity contribution in [1.82, 2.24) is 4.90 Å². The van der Waals surface area contributed by atoms with Crippen molar-refractivity contribution in [2.75, 3.05) is 20.2 Å². The monoisotopic (exact) mass is 298 g/mol. The van der Waals surface area contributed by atoms with Gasteiger partial charge in [0.2, 0.25) is 0 Å². The summed E-state index contributed by atoms with van der Waals surface area (Å²) in [7, 11) is 1.58. The zero-order chi connectivity index (χ0) is 13.8. The van der Waals surface area contributed by atoms with Crippen LogP contribution in [0.5, 0.6) is 0 Å². The lowest BCUT2D eigenvalue weighted by Crippen LogP contribution is -2.36. The van der Waals surface area contributed by atoms with E-state index >= 15 is 0 Å². The number of rotatable bonds is 4. The van der Waals surface area contributed by atoms with Gasteiger partial charge in [0.25, 0.3) is 5.91 Å². The van der Waals surface area contributed by atoms with E-state index in [4.69, 9.17) is 10.5 Å². The lowest BCUT2D eigenvalue weighted by molar-refractivity contribution is -0.141. The van der Waals surface area contributed by atoms with Gasteiger partial charge in [-0.2, -0.15) is 0 Å². The normalized spacial score (nSPS) is 21.1. The standard InChI is InChI=1S/C15H22N2O2.ClH/c1-11(16)13-8-9-17(10-13)15(18)14(19-2)12-6-4-3-5-7-12;/h3-7,11,13-14H,8-10,16H2,1-2H3;1H. The average Bonchev–Trinajstić information content (AvgIpc) is 2.90. The first kappa shape index (κ1) is 17.0. The van der Waals surface area contributed by atoms with Crippen molar-refractivity contribution in [2.45, 2.75) is 25.5 Å². The van der Waals surface area contributed by atoms with Crippen molar-refractivity contribution in [3.8, 4) is 0 Å². The maximum absolute atomic E-state index is 12.5. The van der Waals surface area contributed by atoms with Gasteiger partial charge < -0.3 is 15.4 Å². The summed E-state index contributed by atoms with van der Waals surface area (Å²) in [5.41, 5.74) is 6.81. The number of ether oxygens (including phenoxy) is 1. The van der Waals surface area contributed by atoms with Crippen LogP contribution in [0, 0.1) is 5.92 Å². The van der Waals surface area contributed by atoms with Gasteiger partial charge in [0, 0.05) is 26.2 Å². The zero-order valence-corrected chi connectivity index (χ0v) is 12.8. The molecule has 112 valence electrons. The van der Waals surface area contributed by atoms with Crippen molar-refractivity contribution in [3.63, 3.8) is 0 Å². The van der Waals surface area contributed by atoms with Gasteiger partial charge in [-0.25, -0.2) is 0 Å². The van der Waals surface area contributed by atoms with Crippen LogP contribution in [0.4, 0.5) is 0 Å². The molecule has 4 nitrogen and oxygen atoms in total. The minimum atomic E-state index is -0.506. The summed E-state index contributed by atoms with van der Waals surface area (Å²) in [6.45, 7) is 3.52. The first-order valence-electron chi connectivity index (χ1n) is 6.75. The quantitative estimate of drug-likeness (QED) is 0.925. The van der Waals surface area contributed by atoms with Crippen molar-refractivity contribution in [2.24, 2.45) is 11.7 Å². The summed E-state index contributed by atoms with van der Waals surface area (Å²) in [5, 5.41) is 0. The molecule has 20 heavy (non-hydrogen) atoms. The minimum Gasteiger partial charge on any atom is -0.367 e. The van der Waals surface area contributed by atoms with Crippen LogP contribution >= 0.6 is 12.4 Å². The summed E-state index contributed by atoms with van der Waals surface area (Å²) >= 11 is 0. The van der Waals surface area contributed by atoms with E-state index in [0.717, 1.165) is 25.1 Å². The van der Waals surface area contributed by atoms with E-state index in [1.807, 2.05) is 42.2 Å². The molecule has 1 aliphatic heterocycles. The molecule has 5 heteroatoms. The number of methoxy groups -OCH3 is 1. The van der Waals surface area contributed by atoms with Gasteiger partial charge in [-0.3, -0.25) is 4.79 Å². The fourth-order valence-electron chi connectivity index (χ4n) is 2.59. The highest BCUT2D eigenvalue weighted by Crippen LogP contribution is 2.25. The molecule has 1 aromatic carbocycles. The number of nitrogens with zero attached hydrogens (tertiary/aromatic N) is 1. The molecule has 0 aromatic heterocycles. The number of benzene rings is 1. The third-order valence-electron chi connectivity index (χ3n) is 3.84. The third-order valence-corrected chi connectivity index (χ3v) is 3.84. The maximum Gasteiger partial charge on any atom is 0.256 e. The summed E-state index contributed by atoms with van der Waals surface area (Å²) in [5.74, 6) is 0.439. The second-order valence-electron chi connectivity index (χ2n) is 5.22. The van der Waals surface area contributed by atoms with Crippen molar-refractivity contribution in [1.29, 1.82) is 0 Å². The fourth-order valence-corrected chi connectivity index (χ4v) is 2.59. The van der Waals surface area contributed by atoms with Gasteiger partial charge in [0.1, 0.15) is 0 Å². The summed E-state index contributed by atoms with van der Waals surface area (Å²) in [6.07, 6.45) is 0.474. The van der Waals surface area contributed by atoms with Gasteiger partial charge in [-0.05, 0) is 24.8 Å². The molecule has 0 spiro atoms. The topological polar surface area (TPSA) is 55.6 Å². The van der Waals surface area contributed by atoms with Crippen LogP contribution in [0.2, 0.25) is 0 Å². The van der Waals surface area contributed by atoms with E-state index in [9.17, 15) is 4.79 Å². The predicted molar refractivity (Wildman–Crippen MR) is 81.8 cm³/mol. The fraction of sp³-hybridized carbons (Fsp3) is 0.533. The first-order chi connectivity index (χ1) is 9.13. The first-order valence-corrected chi connectivity index (χ1v) is 6.75. The molecule has 2 rings (SSSR count). The lowest BCUT2D eigenvalue weighted by Gasteiger charge is -2.23. The third kappa shape index (κ3) is 3.72. The van der Waals surface area contributed by atoms with E-state index in [2.05, 4.69) is 0 Å². The second kappa shape index (κ2) is 7.62. The van der Waals surface area contributed by atoms with Gasteiger partial charge >= 0.3 is 0 Å². The highest BCUT2D eigenvalue weighted by atomic mass is 35.5. The number of amides is 1. The van der Waals surface area contributed by atoms with E-state index < -0.39 is 6.10 Å².